The molecule has 1 aliphatic rings. The van der Waals surface area contributed by atoms with E-state index in [4.69, 9.17) is 4.74 Å². The summed E-state index contributed by atoms with van der Waals surface area (Å²) in [5, 5.41) is 2.74. The quantitative estimate of drug-likeness (QED) is 0.890. The summed E-state index contributed by atoms with van der Waals surface area (Å²) >= 11 is 0. The zero-order valence-electron chi connectivity index (χ0n) is 10.7. The Bertz CT molecular complexity index is 454. The molecule has 0 heterocycles. The van der Waals surface area contributed by atoms with Gasteiger partial charge in [-0.25, -0.2) is 4.79 Å². The van der Waals surface area contributed by atoms with Crippen molar-refractivity contribution in [1.82, 2.24) is 5.32 Å². The van der Waals surface area contributed by atoms with E-state index in [0.29, 0.717) is 11.8 Å². The molecule has 3 heteroatoms. The number of nitrogens with one attached hydrogen (secondary N) is 1. The van der Waals surface area contributed by atoms with Crippen LogP contribution in [0.2, 0.25) is 0 Å². The molecule has 2 aromatic carbocycles. The van der Waals surface area contributed by atoms with E-state index >= 15 is 0 Å². The van der Waals surface area contributed by atoms with E-state index in [0.717, 1.165) is 12.8 Å². The lowest BCUT2D eigenvalue weighted by atomic mass is 10.3. The Morgan fingerprint density at radius 3 is 1.84 bits per heavy atom. The maximum Gasteiger partial charge on any atom is 0.412 e. The number of para-hydroxylation sites is 1. The fraction of sp³-hybridized carbons (Fsp3) is 0.188. The summed E-state index contributed by atoms with van der Waals surface area (Å²) in [6.45, 7) is 0. The van der Waals surface area contributed by atoms with Gasteiger partial charge in [0.2, 0.25) is 0 Å². The second-order valence-corrected chi connectivity index (χ2v) is 4.28. The van der Waals surface area contributed by atoms with Crippen LogP contribution in [0.5, 0.6) is 5.75 Å². The molecule has 1 saturated carbocycles. The van der Waals surface area contributed by atoms with Crippen LogP contribution in [0.1, 0.15) is 12.8 Å². The number of carbonyl (C=O) groups is 1. The Morgan fingerprint density at radius 1 is 0.895 bits per heavy atom. The largest absolute Gasteiger partial charge is 0.412 e. The van der Waals surface area contributed by atoms with Crippen LogP contribution in [0, 0.1) is 0 Å². The molecule has 0 radical (unpaired) electrons. The Morgan fingerprint density at radius 2 is 1.37 bits per heavy atom. The molecular formula is C16H17NO2. The predicted octanol–water partition coefficient (Wildman–Crippen LogP) is 3.62. The van der Waals surface area contributed by atoms with Crippen LogP contribution in [0.4, 0.5) is 4.79 Å². The van der Waals surface area contributed by atoms with Crippen molar-refractivity contribution in [3.63, 3.8) is 0 Å². The van der Waals surface area contributed by atoms with E-state index in [2.05, 4.69) is 5.32 Å². The Labute approximate surface area is 113 Å². The highest BCUT2D eigenvalue weighted by atomic mass is 16.6. The number of hydrogen-bond donors (Lipinski definition) is 1. The van der Waals surface area contributed by atoms with Gasteiger partial charge in [-0.15, -0.1) is 0 Å². The lowest BCUT2D eigenvalue weighted by molar-refractivity contribution is 0.200. The molecule has 2 aromatic rings. The molecule has 1 aliphatic carbocycles. The van der Waals surface area contributed by atoms with Crippen LogP contribution in [0.3, 0.4) is 0 Å². The van der Waals surface area contributed by atoms with Gasteiger partial charge in [-0.2, -0.15) is 0 Å². The number of carbonyl (C=O) groups excluding carboxylic acids is 1. The number of ether oxygens (including phenoxy) is 1. The van der Waals surface area contributed by atoms with Crippen LogP contribution < -0.4 is 10.1 Å². The van der Waals surface area contributed by atoms with E-state index in [9.17, 15) is 4.79 Å². The lowest BCUT2D eigenvalue weighted by Crippen LogP contribution is -2.28. The van der Waals surface area contributed by atoms with Gasteiger partial charge < -0.3 is 10.1 Å². The molecule has 0 spiro atoms. The van der Waals surface area contributed by atoms with Gasteiger partial charge in [0.25, 0.3) is 0 Å². The smallest absolute Gasteiger partial charge is 0.410 e. The first-order valence-corrected chi connectivity index (χ1v) is 6.38. The highest BCUT2D eigenvalue weighted by molar-refractivity contribution is 5.70. The monoisotopic (exact) mass is 255 g/mol. The molecule has 3 rings (SSSR count). The molecule has 0 aromatic heterocycles. The van der Waals surface area contributed by atoms with Gasteiger partial charge in [-0.1, -0.05) is 54.6 Å². The molecule has 1 amide bonds. The molecule has 0 bridgehead atoms. The van der Waals surface area contributed by atoms with E-state index in [1.807, 2.05) is 54.6 Å². The number of amides is 1. The Balaban J connectivity index is 0.000000186. The number of hydrogen-bond acceptors (Lipinski definition) is 2. The average molecular weight is 255 g/mol. The van der Waals surface area contributed by atoms with Crippen molar-refractivity contribution in [2.75, 3.05) is 0 Å². The molecule has 0 saturated heterocycles. The Hall–Kier alpha value is -2.29. The average Bonchev–Trinajstić information content (AvgIpc) is 3.26. The van der Waals surface area contributed by atoms with Gasteiger partial charge in [0.15, 0.2) is 0 Å². The minimum Gasteiger partial charge on any atom is -0.410 e. The van der Waals surface area contributed by atoms with Gasteiger partial charge in [0.05, 0.1) is 0 Å². The van der Waals surface area contributed by atoms with Gasteiger partial charge in [-0.3, -0.25) is 0 Å². The van der Waals surface area contributed by atoms with Crippen molar-refractivity contribution in [3.8, 4) is 5.75 Å². The van der Waals surface area contributed by atoms with Gasteiger partial charge in [0, 0.05) is 6.04 Å². The van der Waals surface area contributed by atoms with E-state index in [1.54, 1.807) is 12.1 Å². The second kappa shape index (κ2) is 7.21. The summed E-state index contributed by atoms with van der Waals surface area (Å²) in [4.78, 5) is 11.1. The van der Waals surface area contributed by atoms with Crippen LogP contribution >= 0.6 is 0 Å². The van der Waals surface area contributed by atoms with Crippen molar-refractivity contribution in [3.05, 3.63) is 66.7 Å². The third-order valence-electron chi connectivity index (χ3n) is 2.52. The van der Waals surface area contributed by atoms with E-state index in [-0.39, 0.29) is 6.09 Å². The number of rotatable bonds is 2. The third-order valence-corrected chi connectivity index (χ3v) is 2.52. The zero-order valence-corrected chi connectivity index (χ0v) is 10.7. The lowest BCUT2D eigenvalue weighted by Gasteiger charge is -2.04. The molecule has 19 heavy (non-hydrogen) atoms. The minimum atomic E-state index is -0.353. The van der Waals surface area contributed by atoms with Crippen LogP contribution in [0.25, 0.3) is 0 Å². The maximum absolute atomic E-state index is 11.1. The standard InChI is InChI=1S/C10H11NO2.C6H6/c12-10(11-8-6-7-8)13-9-4-2-1-3-5-9;1-2-4-6-5-3-1/h1-5,8H,6-7H2,(H,11,12);1-6H. The van der Waals surface area contributed by atoms with E-state index in [1.165, 1.54) is 0 Å². The third kappa shape index (κ3) is 5.73. The predicted molar refractivity (Wildman–Crippen MR) is 75.1 cm³/mol. The first kappa shape index (κ1) is 13.1. The van der Waals surface area contributed by atoms with Crippen molar-refractivity contribution in [1.29, 1.82) is 0 Å². The molecule has 0 aliphatic heterocycles. The normalized spacial score (nSPS) is 12.8. The van der Waals surface area contributed by atoms with E-state index < -0.39 is 0 Å². The van der Waals surface area contributed by atoms with Gasteiger partial charge >= 0.3 is 6.09 Å². The summed E-state index contributed by atoms with van der Waals surface area (Å²) in [5.74, 6) is 0.584. The summed E-state index contributed by atoms with van der Waals surface area (Å²) in [7, 11) is 0. The fourth-order valence-corrected chi connectivity index (χ4v) is 1.40. The SMILES string of the molecule is O=C(NC1CC1)Oc1ccccc1.c1ccccc1. The first-order chi connectivity index (χ1) is 9.34. The summed E-state index contributed by atoms with van der Waals surface area (Å²) in [6.07, 6.45) is 1.79. The van der Waals surface area contributed by atoms with Crippen molar-refractivity contribution in [2.45, 2.75) is 18.9 Å². The molecule has 3 nitrogen and oxygen atoms in total. The summed E-state index contributed by atoms with van der Waals surface area (Å²) < 4.78 is 5.02. The molecule has 1 fully saturated rings. The van der Waals surface area contributed by atoms with Crippen LogP contribution in [-0.4, -0.2) is 12.1 Å². The van der Waals surface area contributed by atoms with Crippen molar-refractivity contribution >= 4 is 6.09 Å². The van der Waals surface area contributed by atoms with Crippen molar-refractivity contribution in [2.24, 2.45) is 0 Å². The van der Waals surface area contributed by atoms with Crippen LogP contribution in [0.15, 0.2) is 66.7 Å². The highest BCUT2D eigenvalue weighted by Gasteiger charge is 2.23. The van der Waals surface area contributed by atoms with Gasteiger partial charge in [-0.05, 0) is 25.0 Å². The molecule has 0 unspecified atom stereocenters. The fourth-order valence-electron chi connectivity index (χ4n) is 1.40. The van der Waals surface area contributed by atoms with Crippen LogP contribution in [-0.2, 0) is 0 Å². The highest BCUT2D eigenvalue weighted by Crippen LogP contribution is 2.19. The minimum absolute atomic E-state index is 0.344. The molecule has 98 valence electrons. The molecule has 0 atom stereocenters. The topological polar surface area (TPSA) is 38.3 Å². The molecule has 1 N–H and O–H groups in total. The zero-order chi connectivity index (χ0) is 13.3. The summed E-state index contributed by atoms with van der Waals surface area (Å²) in [5.41, 5.74) is 0. The molecular weight excluding hydrogens is 238 g/mol. The first-order valence-electron chi connectivity index (χ1n) is 6.38. The van der Waals surface area contributed by atoms with Crippen molar-refractivity contribution < 1.29 is 9.53 Å². The number of benzene rings is 2. The maximum atomic E-state index is 11.1. The second-order valence-electron chi connectivity index (χ2n) is 4.28. The Kier molecular flexibility index (Phi) is 4.99. The van der Waals surface area contributed by atoms with Gasteiger partial charge in [0.1, 0.15) is 5.75 Å². The summed E-state index contributed by atoms with van der Waals surface area (Å²) in [6, 6.07) is 21.4.